The lowest BCUT2D eigenvalue weighted by Gasteiger charge is -2.21. The summed E-state index contributed by atoms with van der Waals surface area (Å²) in [6.45, 7) is 0. The quantitative estimate of drug-likeness (QED) is 0.624. The third-order valence-corrected chi connectivity index (χ3v) is 2.45. The van der Waals surface area contributed by atoms with Gasteiger partial charge in [-0.3, -0.25) is 9.63 Å². The van der Waals surface area contributed by atoms with E-state index in [0.29, 0.717) is 6.42 Å². The fourth-order valence-corrected chi connectivity index (χ4v) is 1.45. The molecule has 0 fully saturated rings. The second-order valence-electron chi connectivity index (χ2n) is 2.86. The van der Waals surface area contributed by atoms with Crippen molar-refractivity contribution in [2.24, 2.45) is 5.73 Å². The van der Waals surface area contributed by atoms with Gasteiger partial charge >= 0.3 is 6.03 Å². The predicted octanol–water partition coefficient (Wildman–Crippen LogP) is -0.204. The second kappa shape index (κ2) is 7.36. The lowest BCUT2D eigenvalue weighted by Crippen LogP contribution is -2.49. The molecule has 0 aliphatic rings. The maximum atomic E-state index is 11.6. The average molecular weight is 235 g/mol. The number of carbonyl (C=O) groups is 2. The first-order valence-corrected chi connectivity index (χ1v) is 5.78. The van der Waals surface area contributed by atoms with E-state index in [2.05, 4.69) is 5.32 Å². The smallest absolute Gasteiger partial charge is 0.312 e. The van der Waals surface area contributed by atoms with Crippen LogP contribution in [0.3, 0.4) is 0 Å². The van der Waals surface area contributed by atoms with Crippen LogP contribution in [0.2, 0.25) is 0 Å². The van der Waals surface area contributed by atoms with Gasteiger partial charge in [0.1, 0.15) is 6.04 Å². The molecule has 88 valence electrons. The summed E-state index contributed by atoms with van der Waals surface area (Å²) in [5.74, 6) is 0.444. The zero-order chi connectivity index (χ0) is 11.8. The van der Waals surface area contributed by atoms with E-state index in [4.69, 9.17) is 10.6 Å². The fourth-order valence-electron chi connectivity index (χ4n) is 0.974. The number of hydrogen-bond donors (Lipinski definition) is 2. The normalized spacial score (nSPS) is 11.9. The molecule has 7 heteroatoms. The number of hydroxylamine groups is 2. The molecule has 1 unspecified atom stereocenters. The highest BCUT2D eigenvalue weighted by Crippen LogP contribution is 2.03. The van der Waals surface area contributed by atoms with Crippen molar-refractivity contribution in [2.45, 2.75) is 12.5 Å². The lowest BCUT2D eigenvalue weighted by molar-refractivity contribution is -0.170. The van der Waals surface area contributed by atoms with E-state index in [-0.39, 0.29) is 5.91 Å². The molecule has 3 amide bonds. The predicted molar refractivity (Wildman–Crippen MR) is 59.3 cm³/mol. The van der Waals surface area contributed by atoms with Crippen LogP contribution in [-0.2, 0) is 9.63 Å². The molecule has 0 rings (SSSR count). The highest BCUT2D eigenvalue weighted by atomic mass is 32.2. The molecule has 6 nitrogen and oxygen atoms in total. The topological polar surface area (TPSA) is 84.7 Å². The van der Waals surface area contributed by atoms with Crippen LogP contribution in [0.15, 0.2) is 0 Å². The lowest BCUT2D eigenvalue weighted by atomic mass is 10.2. The van der Waals surface area contributed by atoms with Crippen molar-refractivity contribution >= 4 is 23.7 Å². The summed E-state index contributed by atoms with van der Waals surface area (Å²) in [6, 6.07) is -1.33. The minimum atomic E-state index is -0.709. The summed E-state index contributed by atoms with van der Waals surface area (Å²) in [4.78, 5) is 27.1. The molecule has 0 spiro atoms. The van der Waals surface area contributed by atoms with Gasteiger partial charge in [0.05, 0.1) is 7.11 Å². The maximum absolute atomic E-state index is 11.6. The molecule has 0 aliphatic carbocycles. The Bertz CT molecular complexity index is 225. The van der Waals surface area contributed by atoms with Crippen molar-refractivity contribution in [1.29, 1.82) is 0 Å². The SMILES string of the molecule is CON(C)C(=O)C(CCSC)NC(N)=O. The molecule has 0 heterocycles. The number of nitrogens with two attached hydrogens (primary N) is 1. The van der Waals surface area contributed by atoms with E-state index in [1.165, 1.54) is 14.2 Å². The van der Waals surface area contributed by atoms with Gasteiger partial charge in [0, 0.05) is 7.05 Å². The minimum absolute atomic E-state index is 0.314. The molecule has 0 aliphatic heterocycles. The number of urea groups is 1. The van der Waals surface area contributed by atoms with Crippen LogP contribution in [0.4, 0.5) is 4.79 Å². The van der Waals surface area contributed by atoms with Crippen molar-refractivity contribution in [3.05, 3.63) is 0 Å². The molecular weight excluding hydrogens is 218 g/mol. The van der Waals surface area contributed by atoms with Gasteiger partial charge < -0.3 is 11.1 Å². The van der Waals surface area contributed by atoms with Gasteiger partial charge in [-0.15, -0.1) is 0 Å². The monoisotopic (exact) mass is 235 g/mol. The van der Waals surface area contributed by atoms with Crippen molar-refractivity contribution in [3.8, 4) is 0 Å². The van der Waals surface area contributed by atoms with Crippen LogP contribution in [0, 0.1) is 0 Å². The fraction of sp³-hybridized carbons (Fsp3) is 0.750. The van der Waals surface area contributed by atoms with Gasteiger partial charge in [-0.1, -0.05) is 0 Å². The van der Waals surface area contributed by atoms with Gasteiger partial charge in [-0.2, -0.15) is 11.8 Å². The number of likely N-dealkylation sites (N-methyl/N-ethyl adjacent to an activating group) is 1. The highest BCUT2D eigenvalue weighted by Gasteiger charge is 2.22. The van der Waals surface area contributed by atoms with E-state index in [1.54, 1.807) is 11.8 Å². The molecule has 0 aromatic rings. The Kier molecular flexibility index (Phi) is 6.89. The summed E-state index contributed by atoms with van der Waals surface area (Å²) >= 11 is 1.59. The van der Waals surface area contributed by atoms with Gasteiger partial charge in [-0.05, 0) is 18.4 Å². The first-order chi connectivity index (χ1) is 7.02. The standard InChI is InChI=1S/C8H17N3O3S/c1-11(14-2)7(12)6(4-5-15-3)10-8(9)13/h6H,4-5H2,1-3H3,(H3,9,10,13). The molecule has 3 N–H and O–H groups in total. The van der Waals surface area contributed by atoms with Gasteiger partial charge in [0.15, 0.2) is 0 Å². The molecular formula is C8H17N3O3S. The van der Waals surface area contributed by atoms with Gasteiger partial charge in [-0.25, -0.2) is 9.86 Å². The summed E-state index contributed by atoms with van der Waals surface area (Å²) in [7, 11) is 2.87. The Morgan fingerprint density at radius 1 is 1.60 bits per heavy atom. The van der Waals surface area contributed by atoms with Crippen LogP contribution in [0.1, 0.15) is 6.42 Å². The van der Waals surface area contributed by atoms with E-state index in [1.807, 2.05) is 6.26 Å². The number of carbonyl (C=O) groups excluding carboxylic acids is 2. The van der Waals surface area contributed by atoms with Crippen LogP contribution in [0.5, 0.6) is 0 Å². The van der Waals surface area contributed by atoms with Crippen LogP contribution in [-0.4, -0.2) is 49.2 Å². The largest absolute Gasteiger partial charge is 0.352 e. The minimum Gasteiger partial charge on any atom is -0.352 e. The Balaban J connectivity index is 4.32. The van der Waals surface area contributed by atoms with Crippen molar-refractivity contribution < 1.29 is 14.4 Å². The Morgan fingerprint density at radius 3 is 2.60 bits per heavy atom. The third-order valence-electron chi connectivity index (χ3n) is 1.81. The van der Waals surface area contributed by atoms with Crippen LogP contribution in [0.25, 0.3) is 0 Å². The average Bonchev–Trinajstić information content (AvgIpc) is 2.21. The molecule has 0 aromatic heterocycles. The van der Waals surface area contributed by atoms with Crippen molar-refractivity contribution in [1.82, 2.24) is 10.4 Å². The molecule has 0 aromatic carbocycles. The molecule has 0 radical (unpaired) electrons. The van der Waals surface area contributed by atoms with E-state index in [9.17, 15) is 9.59 Å². The number of nitrogens with zero attached hydrogens (tertiary/aromatic N) is 1. The van der Waals surface area contributed by atoms with Gasteiger partial charge in [0.2, 0.25) is 0 Å². The first kappa shape index (κ1) is 14.1. The zero-order valence-electron chi connectivity index (χ0n) is 9.15. The highest BCUT2D eigenvalue weighted by molar-refractivity contribution is 7.98. The van der Waals surface area contributed by atoms with Crippen molar-refractivity contribution in [2.75, 3.05) is 26.2 Å². The molecule has 15 heavy (non-hydrogen) atoms. The number of rotatable bonds is 6. The molecule has 0 bridgehead atoms. The van der Waals surface area contributed by atoms with Crippen molar-refractivity contribution in [3.63, 3.8) is 0 Å². The molecule has 0 saturated heterocycles. The van der Waals surface area contributed by atoms with Gasteiger partial charge in [0.25, 0.3) is 5.91 Å². The van der Waals surface area contributed by atoms with E-state index in [0.717, 1.165) is 10.8 Å². The Hall–Kier alpha value is -0.950. The first-order valence-electron chi connectivity index (χ1n) is 4.39. The Labute approximate surface area is 93.5 Å². The molecule has 1 atom stereocenters. The number of thioether (sulfide) groups is 1. The van der Waals surface area contributed by atoms with E-state index < -0.39 is 12.1 Å². The maximum Gasteiger partial charge on any atom is 0.312 e. The third kappa shape index (κ3) is 5.48. The van der Waals surface area contributed by atoms with Crippen LogP contribution >= 0.6 is 11.8 Å². The van der Waals surface area contributed by atoms with Crippen LogP contribution < -0.4 is 11.1 Å². The summed E-state index contributed by atoms with van der Waals surface area (Å²) in [5, 5.41) is 3.45. The summed E-state index contributed by atoms with van der Waals surface area (Å²) < 4.78 is 0. The zero-order valence-corrected chi connectivity index (χ0v) is 9.97. The molecule has 0 saturated carbocycles. The number of hydrogen-bond acceptors (Lipinski definition) is 4. The summed E-state index contributed by atoms with van der Waals surface area (Å²) in [5.41, 5.74) is 4.98. The number of amides is 3. The Morgan fingerprint density at radius 2 is 2.20 bits per heavy atom. The summed E-state index contributed by atoms with van der Waals surface area (Å²) in [6.07, 6.45) is 2.45. The second-order valence-corrected chi connectivity index (χ2v) is 3.85. The number of primary amides is 1. The number of nitrogens with one attached hydrogen (secondary N) is 1. The van der Waals surface area contributed by atoms with E-state index >= 15 is 0 Å².